The average Bonchev–Trinajstić information content (AvgIpc) is 2.80. The van der Waals surface area contributed by atoms with E-state index in [0.717, 1.165) is 42.5 Å². The van der Waals surface area contributed by atoms with Gasteiger partial charge >= 0.3 is 0 Å². The van der Waals surface area contributed by atoms with Crippen LogP contribution >= 0.6 is 11.8 Å². The monoisotopic (exact) mass is 431 g/mol. The van der Waals surface area contributed by atoms with Crippen molar-refractivity contribution in [1.29, 1.82) is 0 Å². The van der Waals surface area contributed by atoms with Crippen LogP contribution in [-0.4, -0.2) is 67.6 Å². The molecule has 2 N–H and O–H groups in total. The number of benzene rings is 1. The number of fused-ring (bicyclic) bond motifs is 1. The second-order valence-corrected chi connectivity index (χ2v) is 7.95. The molecule has 0 aliphatic carbocycles. The summed E-state index contributed by atoms with van der Waals surface area (Å²) in [7, 11) is 2.97. The number of hydrazone groups is 1. The lowest BCUT2D eigenvalue weighted by atomic mass is 10.1. The summed E-state index contributed by atoms with van der Waals surface area (Å²) in [4.78, 5) is 11.7. The number of ether oxygens (including phenoxy) is 3. The van der Waals surface area contributed by atoms with Crippen LogP contribution in [0.15, 0.2) is 17.2 Å². The highest BCUT2D eigenvalue weighted by molar-refractivity contribution is 7.98. The van der Waals surface area contributed by atoms with Crippen molar-refractivity contribution in [2.45, 2.75) is 12.2 Å². The van der Waals surface area contributed by atoms with Crippen molar-refractivity contribution in [3.8, 4) is 17.2 Å². The lowest BCUT2D eigenvalue weighted by molar-refractivity contribution is 0.122. The third-order valence-electron chi connectivity index (χ3n) is 4.99. The van der Waals surface area contributed by atoms with Crippen molar-refractivity contribution >= 4 is 29.7 Å². The highest BCUT2D eigenvalue weighted by Crippen LogP contribution is 2.36. The molecule has 0 radical (unpaired) electrons. The molecule has 0 saturated carbocycles. The zero-order valence-electron chi connectivity index (χ0n) is 17.1. The predicted octanol–water partition coefficient (Wildman–Crippen LogP) is 2.27. The first kappa shape index (κ1) is 20.5. The summed E-state index contributed by atoms with van der Waals surface area (Å²) in [5.74, 6) is 4.01. The van der Waals surface area contributed by atoms with Crippen LogP contribution in [-0.2, 0) is 16.9 Å². The van der Waals surface area contributed by atoms with Crippen molar-refractivity contribution in [3.63, 3.8) is 0 Å². The van der Waals surface area contributed by atoms with Crippen LogP contribution in [0.4, 0.5) is 11.8 Å². The van der Waals surface area contributed by atoms with E-state index in [1.54, 1.807) is 18.3 Å². The van der Waals surface area contributed by atoms with Gasteiger partial charge in [-0.1, -0.05) is 0 Å². The third-order valence-corrected chi connectivity index (χ3v) is 5.98. The Balaban J connectivity index is 1.57. The molecular weight excluding hydrogens is 406 g/mol. The van der Waals surface area contributed by atoms with Crippen molar-refractivity contribution in [3.05, 3.63) is 29.0 Å². The summed E-state index contributed by atoms with van der Waals surface area (Å²) in [5.41, 5.74) is 5.95. The van der Waals surface area contributed by atoms with E-state index >= 15 is 0 Å². The van der Waals surface area contributed by atoms with Crippen LogP contribution in [0.2, 0.25) is 0 Å². The molecule has 0 atom stereocenters. The number of nitrogens with zero attached hydrogens (tertiary/aromatic N) is 4. The normalized spacial score (nSPS) is 16.4. The molecule has 160 valence electrons. The molecule has 1 aromatic carbocycles. The number of aryl methyl sites for hydroxylation is 1. The van der Waals surface area contributed by atoms with Crippen LogP contribution in [0.5, 0.6) is 17.2 Å². The Morgan fingerprint density at radius 1 is 1.20 bits per heavy atom. The smallest absolute Gasteiger partial charge is 0.245 e. The minimum atomic E-state index is -0.0452. The number of methoxy groups -OCH3 is 2. The largest absolute Gasteiger partial charge is 0.502 e. The zero-order valence-corrected chi connectivity index (χ0v) is 17.9. The quantitative estimate of drug-likeness (QED) is 0.527. The molecule has 1 fully saturated rings. The summed E-state index contributed by atoms with van der Waals surface area (Å²) < 4.78 is 15.9. The highest BCUT2D eigenvalue weighted by Gasteiger charge is 2.23. The van der Waals surface area contributed by atoms with E-state index in [9.17, 15) is 5.11 Å². The van der Waals surface area contributed by atoms with Gasteiger partial charge in [-0.05, 0) is 24.3 Å². The second-order valence-electron chi connectivity index (χ2n) is 6.84. The van der Waals surface area contributed by atoms with Gasteiger partial charge in [0.2, 0.25) is 11.7 Å². The summed E-state index contributed by atoms with van der Waals surface area (Å²) in [6, 6.07) is 3.35. The number of thioether (sulfide) groups is 1. The molecule has 1 aromatic heterocycles. The number of phenols is 1. The number of morpholine rings is 1. The lowest BCUT2D eigenvalue weighted by Crippen LogP contribution is -2.38. The van der Waals surface area contributed by atoms with Crippen molar-refractivity contribution < 1.29 is 19.3 Å². The Hall–Kier alpha value is -2.72. The first-order chi connectivity index (χ1) is 14.7. The van der Waals surface area contributed by atoms with Gasteiger partial charge in [0.15, 0.2) is 11.5 Å². The number of hydrogen-bond acceptors (Lipinski definition) is 10. The van der Waals surface area contributed by atoms with Crippen LogP contribution in [0, 0.1) is 0 Å². The van der Waals surface area contributed by atoms with Crippen molar-refractivity contribution in [2.24, 2.45) is 5.10 Å². The van der Waals surface area contributed by atoms with Crippen LogP contribution in [0.25, 0.3) is 0 Å². The standard InChI is InChI=1S/C20H25N5O4S/c1-27-16-9-13(10-17(28-2)18(16)26)11-21-24-20-22-15-3-8-30-12-14(15)19(23-20)25-4-6-29-7-5-25/h9-11,26H,3-8,12H2,1-2H3,(H,22,23,24)/b21-11+. The van der Waals surface area contributed by atoms with Crippen LogP contribution in [0.3, 0.4) is 0 Å². The van der Waals surface area contributed by atoms with E-state index in [0.29, 0.717) is 36.2 Å². The number of phenolic OH excluding ortho intramolecular Hbond substituents is 1. The fourth-order valence-electron chi connectivity index (χ4n) is 3.45. The molecule has 4 rings (SSSR count). The SMILES string of the molecule is COc1cc(/C=N/Nc2nc3c(c(N4CCOCC4)n2)CSCC3)cc(OC)c1O. The van der Waals surface area contributed by atoms with Gasteiger partial charge in [0, 0.05) is 30.0 Å². The summed E-state index contributed by atoms with van der Waals surface area (Å²) >= 11 is 1.91. The number of rotatable bonds is 6. The fraction of sp³-hybridized carbons (Fsp3) is 0.450. The van der Waals surface area contributed by atoms with Gasteiger partial charge in [0.05, 0.1) is 39.3 Å². The van der Waals surface area contributed by atoms with Crippen LogP contribution in [0.1, 0.15) is 16.8 Å². The maximum atomic E-state index is 10.0. The Kier molecular flexibility index (Phi) is 6.44. The molecule has 0 bridgehead atoms. The number of nitrogens with one attached hydrogen (secondary N) is 1. The third kappa shape index (κ3) is 4.39. The fourth-order valence-corrected chi connectivity index (χ4v) is 4.44. The lowest BCUT2D eigenvalue weighted by Gasteiger charge is -2.31. The molecule has 2 aliphatic heterocycles. The predicted molar refractivity (Wildman–Crippen MR) is 117 cm³/mol. The molecule has 2 aromatic rings. The highest BCUT2D eigenvalue weighted by atomic mass is 32.2. The van der Waals surface area contributed by atoms with Crippen molar-refractivity contribution in [2.75, 3.05) is 56.6 Å². The molecule has 30 heavy (non-hydrogen) atoms. The van der Waals surface area contributed by atoms with Gasteiger partial charge in [0.1, 0.15) is 5.82 Å². The van der Waals surface area contributed by atoms with Gasteiger partial charge in [-0.2, -0.15) is 21.8 Å². The molecule has 1 saturated heterocycles. The summed E-state index contributed by atoms with van der Waals surface area (Å²) in [6.07, 6.45) is 2.53. The number of aromatic nitrogens is 2. The molecule has 0 unspecified atom stereocenters. The van der Waals surface area contributed by atoms with E-state index in [1.165, 1.54) is 19.8 Å². The first-order valence-electron chi connectivity index (χ1n) is 9.74. The van der Waals surface area contributed by atoms with Gasteiger partial charge in [0.25, 0.3) is 0 Å². The molecule has 3 heterocycles. The molecule has 10 heteroatoms. The first-order valence-corrected chi connectivity index (χ1v) is 10.9. The van der Waals surface area contributed by atoms with E-state index in [-0.39, 0.29) is 5.75 Å². The van der Waals surface area contributed by atoms with E-state index in [2.05, 4.69) is 20.4 Å². The molecule has 2 aliphatic rings. The van der Waals surface area contributed by atoms with E-state index in [4.69, 9.17) is 19.2 Å². The topological polar surface area (TPSA) is 101 Å². The summed E-state index contributed by atoms with van der Waals surface area (Å²) in [6.45, 7) is 3.06. The van der Waals surface area contributed by atoms with Crippen LogP contribution < -0.4 is 19.8 Å². The van der Waals surface area contributed by atoms with Crippen molar-refractivity contribution in [1.82, 2.24) is 9.97 Å². The number of aromatic hydroxyl groups is 1. The maximum absolute atomic E-state index is 10.0. The van der Waals surface area contributed by atoms with E-state index in [1.807, 2.05) is 11.8 Å². The van der Waals surface area contributed by atoms with Gasteiger partial charge in [-0.3, -0.25) is 0 Å². The van der Waals surface area contributed by atoms with Gasteiger partial charge < -0.3 is 24.2 Å². The minimum absolute atomic E-state index is 0.0452. The number of anilines is 2. The Labute approximate surface area is 179 Å². The Morgan fingerprint density at radius 2 is 1.93 bits per heavy atom. The van der Waals surface area contributed by atoms with Gasteiger partial charge in [-0.15, -0.1) is 0 Å². The molecular formula is C20H25N5O4S. The summed E-state index contributed by atoms with van der Waals surface area (Å²) in [5, 5.41) is 14.3. The molecule has 9 nitrogen and oxygen atoms in total. The average molecular weight is 432 g/mol. The molecule has 0 spiro atoms. The zero-order chi connectivity index (χ0) is 20.9. The Bertz CT molecular complexity index is 909. The second kappa shape index (κ2) is 9.40. The van der Waals surface area contributed by atoms with Gasteiger partial charge in [-0.25, -0.2) is 10.4 Å². The minimum Gasteiger partial charge on any atom is -0.502 e. The molecule has 0 amide bonds. The Morgan fingerprint density at radius 3 is 2.63 bits per heavy atom. The number of hydrogen-bond donors (Lipinski definition) is 2. The van der Waals surface area contributed by atoms with E-state index < -0.39 is 0 Å². The maximum Gasteiger partial charge on any atom is 0.245 e.